The van der Waals surface area contributed by atoms with E-state index in [9.17, 15) is 4.39 Å². The Morgan fingerprint density at radius 1 is 1.33 bits per heavy atom. The molecule has 0 aliphatic heterocycles. The number of halogens is 2. The fraction of sp³-hybridized carbons (Fsp3) is 0.571. The molecule has 1 unspecified atom stereocenters. The van der Waals surface area contributed by atoms with Gasteiger partial charge in [0.15, 0.2) is 0 Å². The zero-order valence-corrected chi connectivity index (χ0v) is 12.2. The number of nitrogens with two attached hydrogens (primary N) is 1. The minimum Gasteiger partial charge on any atom is -0.271 e. The molecule has 1 saturated carbocycles. The molecule has 4 heteroatoms. The summed E-state index contributed by atoms with van der Waals surface area (Å²) in [6, 6.07) is 4.97. The average molecular weight is 315 g/mol. The first kappa shape index (κ1) is 14.0. The number of hydrazine groups is 1. The molecule has 1 fully saturated rings. The third-order valence-corrected chi connectivity index (χ3v) is 4.71. The number of hydrogen-bond donors (Lipinski definition) is 2. The van der Waals surface area contributed by atoms with Crippen molar-refractivity contribution in [1.29, 1.82) is 0 Å². The van der Waals surface area contributed by atoms with E-state index in [2.05, 4.69) is 28.3 Å². The fourth-order valence-electron chi connectivity index (χ4n) is 2.88. The summed E-state index contributed by atoms with van der Waals surface area (Å²) in [6.07, 6.45) is 4.62. The van der Waals surface area contributed by atoms with E-state index in [4.69, 9.17) is 5.84 Å². The first-order chi connectivity index (χ1) is 8.63. The molecule has 18 heavy (non-hydrogen) atoms. The van der Waals surface area contributed by atoms with Crippen molar-refractivity contribution in [3.05, 3.63) is 34.1 Å². The number of nitrogens with one attached hydrogen (secondary N) is 1. The van der Waals surface area contributed by atoms with Gasteiger partial charge in [0, 0.05) is 10.0 Å². The lowest BCUT2D eigenvalue weighted by Gasteiger charge is -2.33. The number of rotatable bonds is 3. The zero-order valence-electron chi connectivity index (χ0n) is 10.6. The molecule has 1 aliphatic rings. The molecule has 0 saturated heterocycles. The van der Waals surface area contributed by atoms with Crippen LogP contribution in [0.4, 0.5) is 4.39 Å². The topological polar surface area (TPSA) is 38.0 Å². The van der Waals surface area contributed by atoms with E-state index in [0.29, 0.717) is 11.5 Å². The normalized spacial score (nSPS) is 26.0. The standard InChI is InChI=1S/C14H20BrFN2/c1-9-5-7-10(8-6-9)14(18-17)13-11(15)3-2-4-12(13)16/h2-4,9-10,14,18H,5-8,17H2,1H3. The van der Waals surface area contributed by atoms with Crippen LogP contribution in [0.3, 0.4) is 0 Å². The second kappa shape index (κ2) is 6.13. The summed E-state index contributed by atoms with van der Waals surface area (Å²) < 4.78 is 14.8. The lowest BCUT2D eigenvalue weighted by atomic mass is 9.77. The smallest absolute Gasteiger partial charge is 0.129 e. The summed E-state index contributed by atoms with van der Waals surface area (Å²) in [6.45, 7) is 2.28. The van der Waals surface area contributed by atoms with Crippen molar-refractivity contribution in [2.75, 3.05) is 0 Å². The van der Waals surface area contributed by atoms with Crippen molar-refractivity contribution in [3.63, 3.8) is 0 Å². The van der Waals surface area contributed by atoms with Crippen LogP contribution in [0.2, 0.25) is 0 Å². The van der Waals surface area contributed by atoms with Crippen LogP contribution in [0.5, 0.6) is 0 Å². The monoisotopic (exact) mass is 314 g/mol. The van der Waals surface area contributed by atoms with Crippen LogP contribution in [-0.4, -0.2) is 0 Å². The van der Waals surface area contributed by atoms with Crippen molar-refractivity contribution in [1.82, 2.24) is 5.43 Å². The van der Waals surface area contributed by atoms with E-state index in [-0.39, 0.29) is 11.9 Å². The van der Waals surface area contributed by atoms with Gasteiger partial charge < -0.3 is 0 Å². The lowest BCUT2D eigenvalue weighted by Crippen LogP contribution is -2.36. The van der Waals surface area contributed by atoms with Gasteiger partial charge in [-0.1, -0.05) is 41.8 Å². The summed E-state index contributed by atoms with van der Waals surface area (Å²) in [5.41, 5.74) is 3.48. The third-order valence-electron chi connectivity index (χ3n) is 4.02. The predicted molar refractivity (Wildman–Crippen MR) is 75.3 cm³/mol. The summed E-state index contributed by atoms with van der Waals surface area (Å²) in [5.74, 6) is 6.68. The summed E-state index contributed by atoms with van der Waals surface area (Å²) in [7, 11) is 0. The molecule has 0 aromatic heterocycles. The molecule has 2 nitrogen and oxygen atoms in total. The molecular weight excluding hydrogens is 295 g/mol. The van der Waals surface area contributed by atoms with Crippen LogP contribution in [0.25, 0.3) is 0 Å². The molecule has 0 amide bonds. The number of benzene rings is 1. The number of hydrogen-bond acceptors (Lipinski definition) is 2. The van der Waals surface area contributed by atoms with E-state index in [1.165, 1.54) is 18.9 Å². The highest BCUT2D eigenvalue weighted by Gasteiger charge is 2.29. The molecule has 1 atom stereocenters. The Hall–Kier alpha value is -0.450. The van der Waals surface area contributed by atoms with Gasteiger partial charge in [0.25, 0.3) is 0 Å². The van der Waals surface area contributed by atoms with Gasteiger partial charge in [0.1, 0.15) is 5.82 Å². The predicted octanol–water partition coefficient (Wildman–Crippen LogP) is 3.92. The zero-order chi connectivity index (χ0) is 13.1. The molecule has 0 heterocycles. The lowest BCUT2D eigenvalue weighted by molar-refractivity contribution is 0.229. The van der Waals surface area contributed by atoms with E-state index < -0.39 is 0 Å². The van der Waals surface area contributed by atoms with Crippen molar-refractivity contribution in [2.24, 2.45) is 17.7 Å². The van der Waals surface area contributed by atoms with Gasteiger partial charge in [0.05, 0.1) is 6.04 Å². The quantitative estimate of drug-likeness (QED) is 0.655. The van der Waals surface area contributed by atoms with Crippen molar-refractivity contribution in [3.8, 4) is 0 Å². The van der Waals surface area contributed by atoms with Gasteiger partial charge in [-0.2, -0.15) is 0 Å². The molecule has 0 spiro atoms. The second-order valence-electron chi connectivity index (χ2n) is 5.30. The maximum absolute atomic E-state index is 14.0. The van der Waals surface area contributed by atoms with Gasteiger partial charge in [-0.05, 0) is 36.8 Å². The summed E-state index contributed by atoms with van der Waals surface area (Å²) >= 11 is 3.43. The van der Waals surface area contributed by atoms with Gasteiger partial charge in [-0.25, -0.2) is 4.39 Å². The van der Waals surface area contributed by atoms with Crippen LogP contribution < -0.4 is 11.3 Å². The van der Waals surface area contributed by atoms with E-state index in [1.54, 1.807) is 6.07 Å². The minimum atomic E-state index is -0.189. The van der Waals surface area contributed by atoms with Gasteiger partial charge in [-0.15, -0.1) is 0 Å². The summed E-state index contributed by atoms with van der Waals surface area (Å²) in [5, 5.41) is 0. The average Bonchev–Trinajstić information content (AvgIpc) is 2.35. The molecule has 2 rings (SSSR count). The summed E-state index contributed by atoms with van der Waals surface area (Å²) in [4.78, 5) is 0. The highest BCUT2D eigenvalue weighted by molar-refractivity contribution is 9.10. The fourth-order valence-corrected chi connectivity index (χ4v) is 3.47. The molecule has 1 aromatic carbocycles. The Kier molecular flexibility index (Phi) is 4.76. The van der Waals surface area contributed by atoms with Crippen molar-refractivity contribution in [2.45, 2.75) is 38.6 Å². The Morgan fingerprint density at radius 3 is 2.56 bits per heavy atom. The largest absolute Gasteiger partial charge is 0.271 e. The molecule has 1 aromatic rings. The van der Waals surface area contributed by atoms with Crippen LogP contribution in [0.15, 0.2) is 22.7 Å². The Bertz CT molecular complexity index is 383. The highest BCUT2D eigenvalue weighted by Crippen LogP contribution is 2.39. The van der Waals surface area contributed by atoms with E-state index in [1.807, 2.05) is 6.07 Å². The Morgan fingerprint density at radius 2 is 2.00 bits per heavy atom. The molecule has 0 radical (unpaired) electrons. The highest BCUT2D eigenvalue weighted by atomic mass is 79.9. The van der Waals surface area contributed by atoms with Crippen LogP contribution in [0.1, 0.15) is 44.2 Å². The van der Waals surface area contributed by atoms with E-state index in [0.717, 1.165) is 23.2 Å². The van der Waals surface area contributed by atoms with Gasteiger partial charge >= 0.3 is 0 Å². The molecule has 100 valence electrons. The Labute approximate surface area is 116 Å². The van der Waals surface area contributed by atoms with Crippen LogP contribution in [0, 0.1) is 17.7 Å². The van der Waals surface area contributed by atoms with Crippen LogP contribution >= 0.6 is 15.9 Å². The maximum Gasteiger partial charge on any atom is 0.129 e. The van der Waals surface area contributed by atoms with Crippen LogP contribution in [-0.2, 0) is 0 Å². The molecular formula is C14H20BrFN2. The third kappa shape index (κ3) is 2.92. The van der Waals surface area contributed by atoms with Gasteiger partial charge in [-0.3, -0.25) is 11.3 Å². The maximum atomic E-state index is 14.0. The first-order valence-corrected chi connectivity index (χ1v) is 7.32. The molecule has 0 bridgehead atoms. The molecule has 1 aliphatic carbocycles. The van der Waals surface area contributed by atoms with Crippen molar-refractivity contribution < 1.29 is 4.39 Å². The Balaban J connectivity index is 2.23. The minimum absolute atomic E-state index is 0.104. The molecule has 3 N–H and O–H groups in total. The van der Waals surface area contributed by atoms with E-state index >= 15 is 0 Å². The van der Waals surface area contributed by atoms with Gasteiger partial charge in [0.2, 0.25) is 0 Å². The first-order valence-electron chi connectivity index (χ1n) is 6.53. The SMILES string of the molecule is CC1CCC(C(NN)c2c(F)cccc2Br)CC1. The second-order valence-corrected chi connectivity index (χ2v) is 6.15. The van der Waals surface area contributed by atoms with Crippen molar-refractivity contribution >= 4 is 15.9 Å².